The van der Waals surface area contributed by atoms with Gasteiger partial charge in [0.1, 0.15) is 18.0 Å². The van der Waals surface area contributed by atoms with E-state index in [2.05, 4.69) is 32.4 Å². The van der Waals surface area contributed by atoms with Crippen LogP contribution in [0, 0.1) is 6.92 Å². The molecule has 2 unspecified atom stereocenters. The first kappa shape index (κ1) is 14.5. The zero-order valence-electron chi connectivity index (χ0n) is 12.9. The molecule has 0 bridgehead atoms. The highest BCUT2D eigenvalue weighted by atomic mass is 16.5. The fourth-order valence-corrected chi connectivity index (χ4v) is 3.19. The first-order valence-corrected chi connectivity index (χ1v) is 7.93. The van der Waals surface area contributed by atoms with Crippen molar-refractivity contribution in [1.29, 1.82) is 0 Å². The maximum atomic E-state index is 5.97. The van der Waals surface area contributed by atoms with Crippen LogP contribution in [0.15, 0.2) is 6.33 Å². The van der Waals surface area contributed by atoms with Gasteiger partial charge in [0.25, 0.3) is 0 Å². The van der Waals surface area contributed by atoms with Gasteiger partial charge >= 0.3 is 0 Å². The van der Waals surface area contributed by atoms with Crippen LogP contribution in [0.2, 0.25) is 0 Å². The molecule has 0 aromatic carbocycles. The molecule has 116 valence electrons. The summed E-state index contributed by atoms with van der Waals surface area (Å²) in [7, 11) is 0. The number of aromatic nitrogens is 2. The van der Waals surface area contributed by atoms with Crippen molar-refractivity contribution in [2.45, 2.75) is 38.8 Å². The van der Waals surface area contributed by atoms with Gasteiger partial charge in [0.05, 0.1) is 12.7 Å². The molecule has 6 heteroatoms. The largest absolute Gasteiger partial charge is 0.373 e. The minimum Gasteiger partial charge on any atom is -0.373 e. The number of hydrogen-bond donors (Lipinski definition) is 2. The Hall–Kier alpha value is -1.40. The number of nitrogens with one attached hydrogen (secondary N) is 2. The summed E-state index contributed by atoms with van der Waals surface area (Å²) in [4.78, 5) is 11.2. The van der Waals surface area contributed by atoms with Gasteiger partial charge in [-0.25, -0.2) is 9.97 Å². The van der Waals surface area contributed by atoms with Crippen LogP contribution < -0.4 is 10.6 Å². The number of morpholine rings is 1. The Morgan fingerprint density at radius 1 is 1.33 bits per heavy atom. The van der Waals surface area contributed by atoms with Crippen molar-refractivity contribution < 1.29 is 4.74 Å². The van der Waals surface area contributed by atoms with Gasteiger partial charge in [-0.1, -0.05) is 0 Å². The third kappa shape index (κ3) is 3.27. The van der Waals surface area contributed by atoms with E-state index in [1.165, 1.54) is 19.4 Å². The molecule has 0 spiro atoms. The van der Waals surface area contributed by atoms with Crippen LogP contribution in [0.25, 0.3) is 0 Å². The molecule has 2 atom stereocenters. The highest BCUT2D eigenvalue weighted by molar-refractivity contribution is 5.56. The van der Waals surface area contributed by atoms with E-state index in [0.29, 0.717) is 6.04 Å². The minimum absolute atomic E-state index is 0.247. The summed E-state index contributed by atoms with van der Waals surface area (Å²) in [5, 5.41) is 6.67. The van der Waals surface area contributed by atoms with Crippen LogP contribution in [0.1, 0.15) is 25.3 Å². The summed E-state index contributed by atoms with van der Waals surface area (Å²) in [6.45, 7) is 8.89. The topological polar surface area (TPSA) is 62.3 Å². The van der Waals surface area contributed by atoms with Crippen molar-refractivity contribution in [3.63, 3.8) is 0 Å². The molecule has 2 aliphatic heterocycles. The van der Waals surface area contributed by atoms with E-state index in [1.807, 2.05) is 6.92 Å². The first-order chi connectivity index (χ1) is 10.3. The quantitative estimate of drug-likeness (QED) is 0.857. The van der Waals surface area contributed by atoms with E-state index in [0.717, 1.165) is 43.4 Å². The number of nitrogens with zero attached hydrogens (tertiary/aromatic N) is 3. The van der Waals surface area contributed by atoms with Gasteiger partial charge in [0.2, 0.25) is 0 Å². The van der Waals surface area contributed by atoms with Crippen molar-refractivity contribution in [3.8, 4) is 0 Å². The second-order valence-electron chi connectivity index (χ2n) is 5.85. The van der Waals surface area contributed by atoms with Gasteiger partial charge < -0.3 is 15.4 Å². The van der Waals surface area contributed by atoms with Gasteiger partial charge in [-0.15, -0.1) is 0 Å². The summed E-state index contributed by atoms with van der Waals surface area (Å²) >= 11 is 0. The molecule has 6 nitrogen and oxygen atoms in total. The van der Waals surface area contributed by atoms with Crippen LogP contribution in [0.4, 0.5) is 11.6 Å². The van der Waals surface area contributed by atoms with E-state index in [1.54, 1.807) is 6.33 Å². The molecular formula is C15H25N5O. The number of fused-ring (bicyclic) bond motifs is 1. The van der Waals surface area contributed by atoms with Crippen molar-refractivity contribution in [2.75, 3.05) is 43.4 Å². The SMILES string of the molecule is CCNc1ncnc(NCC2CN3CCCC3CO2)c1C. The minimum atomic E-state index is 0.247. The summed E-state index contributed by atoms with van der Waals surface area (Å²) < 4.78 is 5.97. The standard InChI is InChI=1S/C15H25N5O/c1-3-16-14-11(2)15(19-10-18-14)17-7-13-8-20-6-4-5-12(20)9-21-13/h10,12-13H,3-9H2,1-2H3,(H2,16,17,18,19). The fraction of sp³-hybridized carbons (Fsp3) is 0.733. The number of anilines is 2. The zero-order valence-corrected chi connectivity index (χ0v) is 12.9. The number of ether oxygens (including phenoxy) is 1. The van der Waals surface area contributed by atoms with Gasteiger partial charge in [0.15, 0.2) is 0 Å². The average Bonchev–Trinajstić information content (AvgIpc) is 2.96. The Kier molecular flexibility index (Phi) is 4.55. The lowest BCUT2D eigenvalue weighted by molar-refractivity contribution is -0.0416. The molecule has 2 saturated heterocycles. The summed E-state index contributed by atoms with van der Waals surface area (Å²) in [6, 6.07) is 0.655. The lowest BCUT2D eigenvalue weighted by Gasteiger charge is -2.35. The lowest BCUT2D eigenvalue weighted by atomic mass is 10.2. The Bertz CT molecular complexity index is 481. The molecule has 2 aliphatic rings. The smallest absolute Gasteiger partial charge is 0.134 e. The van der Waals surface area contributed by atoms with Crippen molar-refractivity contribution in [2.24, 2.45) is 0 Å². The van der Waals surface area contributed by atoms with Crippen LogP contribution >= 0.6 is 0 Å². The second-order valence-corrected chi connectivity index (χ2v) is 5.85. The molecule has 3 rings (SSSR count). The normalized spacial score (nSPS) is 25.6. The molecule has 0 saturated carbocycles. The monoisotopic (exact) mass is 291 g/mol. The predicted molar refractivity (Wildman–Crippen MR) is 83.8 cm³/mol. The van der Waals surface area contributed by atoms with Gasteiger partial charge in [0, 0.05) is 31.2 Å². The molecule has 1 aromatic rings. The van der Waals surface area contributed by atoms with Gasteiger partial charge in [-0.2, -0.15) is 0 Å². The first-order valence-electron chi connectivity index (χ1n) is 7.93. The van der Waals surface area contributed by atoms with Crippen molar-refractivity contribution in [3.05, 3.63) is 11.9 Å². The maximum absolute atomic E-state index is 5.97. The Labute approximate surface area is 126 Å². The average molecular weight is 291 g/mol. The molecule has 2 fully saturated rings. The Balaban J connectivity index is 1.56. The second kappa shape index (κ2) is 6.58. The maximum Gasteiger partial charge on any atom is 0.134 e. The van der Waals surface area contributed by atoms with Gasteiger partial charge in [-0.3, -0.25) is 4.90 Å². The summed E-state index contributed by atoms with van der Waals surface area (Å²) in [5.41, 5.74) is 1.06. The molecule has 0 radical (unpaired) electrons. The molecule has 1 aromatic heterocycles. The van der Waals surface area contributed by atoms with E-state index in [-0.39, 0.29) is 6.10 Å². The molecule has 21 heavy (non-hydrogen) atoms. The fourth-order valence-electron chi connectivity index (χ4n) is 3.19. The molecular weight excluding hydrogens is 266 g/mol. The number of rotatable bonds is 5. The van der Waals surface area contributed by atoms with Crippen molar-refractivity contribution >= 4 is 11.6 Å². The lowest BCUT2D eigenvalue weighted by Crippen LogP contribution is -2.48. The molecule has 2 N–H and O–H groups in total. The van der Waals surface area contributed by atoms with Crippen LogP contribution in [-0.2, 0) is 4.74 Å². The summed E-state index contributed by atoms with van der Waals surface area (Å²) in [6.07, 6.45) is 4.45. The van der Waals surface area contributed by atoms with Crippen LogP contribution in [0.3, 0.4) is 0 Å². The molecule has 3 heterocycles. The predicted octanol–water partition coefficient (Wildman–Crippen LogP) is 1.49. The van der Waals surface area contributed by atoms with Gasteiger partial charge in [-0.05, 0) is 33.2 Å². The Morgan fingerprint density at radius 3 is 2.95 bits per heavy atom. The highest BCUT2D eigenvalue weighted by Crippen LogP contribution is 2.23. The third-order valence-corrected chi connectivity index (χ3v) is 4.39. The van der Waals surface area contributed by atoms with E-state index in [4.69, 9.17) is 4.74 Å². The van der Waals surface area contributed by atoms with Crippen LogP contribution in [0.5, 0.6) is 0 Å². The van der Waals surface area contributed by atoms with Crippen molar-refractivity contribution in [1.82, 2.24) is 14.9 Å². The van der Waals surface area contributed by atoms with Crippen LogP contribution in [-0.4, -0.2) is 59.8 Å². The van der Waals surface area contributed by atoms with E-state index >= 15 is 0 Å². The zero-order chi connectivity index (χ0) is 14.7. The highest BCUT2D eigenvalue weighted by Gasteiger charge is 2.32. The Morgan fingerprint density at radius 2 is 2.14 bits per heavy atom. The molecule has 0 aliphatic carbocycles. The number of hydrogen-bond acceptors (Lipinski definition) is 6. The summed E-state index contributed by atoms with van der Waals surface area (Å²) in [5.74, 6) is 1.80. The van der Waals surface area contributed by atoms with E-state index < -0.39 is 0 Å². The third-order valence-electron chi connectivity index (χ3n) is 4.39. The molecule has 0 amide bonds. The van der Waals surface area contributed by atoms with E-state index in [9.17, 15) is 0 Å².